The van der Waals surface area contributed by atoms with Crippen molar-refractivity contribution in [3.63, 3.8) is 0 Å². The van der Waals surface area contributed by atoms with Crippen molar-refractivity contribution in [1.82, 2.24) is 19.1 Å². The predicted octanol–water partition coefficient (Wildman–Crippen LogP) is 2.01. The van der Waals surface area contributed by atoms with Gasteiger partial charge in [-0.25, -0.2) is 9.97 Å². The monoisotopic (exact) mass is 248 g/mol. The summed E-state index contributed by atoms with van der Waals surface area (Å²) in [5, 5.41) is 0. The van der Waals surface area contributed by atoms with Crippen LogP contribution in [-0.2, 0) is 12.6 Å². The second kappa shape index (κ2) is 3.93. The third-order valence-corrected chi connectivity index (χ3v) is 3.05. The molecular weight excluding hydrogens is 228 g/mol. The first kappa shape index (κ1) is 12.8. The molecule has 2 heterocycles. The Balaban J connectivity index is 2.87. The highest BCUT2D eigenvalue weighted by atomic mass is 16.1. The summed E-state index contributed by atoms with van der Waals surface area (Å²) in [6, 6.07) is 0. The Bertz CT molecular complexity index is 643. The SMILES string of the molecule is CC(C)c1nc2c(ncn2C(C)(C)C)c(=O)n1C. The standard InChI is InChI=1S/C13H20N4O/c1-8(2)10-15-11-9(12(18)16(10)6)14-7-17(11)13(3,4)5/h7-8H,1-6H3. The first-order valence-electron chi connectivity index (χ1n) is 6.18. The average Bonchev–Trinajstić information content (AvgIpc) is 2.66. The number of fused-ring (bicyclic) bond motifs is 1. The van der Waals surface area contributed by atoms with Gasteiger partial charge in [-0.05, 0) is 20.8 Å². The minimum atomic E-state index is -0.137. The van der Waals surface area contributed by atoms with E-state index < -0.39 is 0 Å². The molecule has 2 aromatic heterocycles. The number of rotatable bonds is 1. The van der Waals surface area contributed by atoms with Crippen LogP contribution in [0.5, 0.6) is 0 Å². The summed E-state index contributed by atoms with van der Waals surface area (Å²) in [7, 11) is 1.75. The van der Waals surface area contributed by atoms with Crippen LogP contribution in [0.2, 0.25) is 0 Å². The molecule has 0 fully saturated rings. The Morgan fingerprint density at radius 2 is 1.89 bits per heavy atom. The van der Waals surface area contributed by atoms with Gasteiger partial charge < -0.3 is 4.57 Å². The molecule has 0 unspecified atom stereocenters. The van der Waals surface area contributed by atoms with Crippen molar-refractivity contribution >= 4 is 11.2 Å². The first-order valence-corrected chi connectivity index (χ1v) is 6.18. The van der Waals surface area contributed by atoms with Gasteiger partial charge in [0.15, 0.2) is 11.2 Å². The third-order valence-electron chi connectivity index (χ3n) is 3.05. The fourth-order valence-corrected chi connectivity index (χ4v) is 2.05. The Morgan fingerprint density at radius 1 is 1.28 bits per heavy atom. The zero-order chi connectivity index (χ0) is 13.7. The fourth-order valence-electron chi connectivity index (χ4n) is 2.05. The van der Waals surface area contributed by atoms with E-state index in [-0.39, 0.29) is 17.0 Å². The van der Waals surface area contributed by atoms with Gasteiger partial charge in [0.1, 0.15) is 5.82 Å². The van der Waals surface area contributed by atoms with Crippen LogP contribution < -0.4 is 5.56 Å². The van der Waals surface area contributed by atoms with Crippen LogP contribution in [0.25, 0.3) is 11.2 Å². The lowest BCUT2D eigenvalue weighted by molar-refractivity contribution is 0.405. The number of aromatic nitrogens is 4. The molecule has 0 atom stereocenters. The van der Waals surface area contributed by atoms with Gasteiger partial charge in [-0.2, -0.15) is 0 Å². The van der Waals surface area contributed by atoms with E-state index in [0.717, 1.165) is 5.82 Å². The van der Waals surface area contributed by atoms with Gasteiger partial charge in [0.05, 0.1) is 6.33 Å². The van der Waals surface area contributed by atoms with Crippen LogP contribution >= 0.6 is 0 Å². The Morgan fingerprint density at radius 3 is 2.39 bits per heavy atom. The van der Waals surface area contributed by atoms with Crippen molar-refractivity contribution in [2.45, 2.75) is 46.1 Å². The molecule has 0 saturated carbocycles. The summed E-state index contributed by atoms with van der Waals surface area (Å²) in [5.74, 6) is 0.994. The van der Waals surface area contributed by atoms with E-state index in [0.29, 0.717) is 11.2 Å². The molecule has 0 bridgehead atoms. The summed E-state index contributed by atoms with van der Waals surface area (Å²) < 4.78 is 3.54. The van der Waals surface area contributed by atoms with Crippen LogP contribution in [0.15, 0.2) is 11.1 Å². The minimum absolute atomic E-state index is 0.0771. The minimum Gasteiger partial charge on any atom is -0.310 e. The molecular formula is C13H20N4O. The molecule has 0 N–H and O–H groups in total. The highest BCUT2D eigenvalue weighted by Gasteiger charge is 2.21. The normalized spacial score (nSPS) is 12.6. The molecule has 0 saturated heterocycles. The van der Waals surface area contributed by atoms with E-state index in [2.05, 4.69) is 30.7 Å². The summed E-state index contributed by atoms with van der Waals surface area (Å²) in [6.45, 7) is 10.3. The highest BCUT2D eigenvalue weighted by molar-refractivity contribution is 5.69. The maximum absolute atomic E-state index is 12.2. The van der Waals surface area contributed by atoms with E-state index in [9.17, 15) is 4.79 Å². The van der Waals surface area contributed by atoms with E-state index in [1.807, 2.05) is 18.4 Å². The molecule has 5 heteroatoms. The van der Waals surface area contributed by atoms with Gasteiger partial charge in [-0.15, -0.1) is 0 Å². The molecule has 2 aromatic rings. The molecule has 0 aromatic carbocycles. The van der Waals surface area contributed by atoms with Gasteiger partial charge >= 0.3 is 0 Å². The Kier molecular flexibility index (Phi) is 2.80. The van der Waals surface area contributed by atoms with Gasteiger partial charge in [0.25, 0.3) is 5.56 Å². The maximum Gasteiger partial charge on any atom is 0.281 e. The Labute approximate surface area is 106 Å². The van der Waals surface area contributed by atoms with E-state index >= 15 is 0 Å². The van der Waals surface area contributed by atoms with Crippen molar-refractivity contribution in [1.29, 1.82) is 0 Å². The summed E-state index contributed by atoms with van der Waals surface area (Å²) >= 11 is 0. The predicted molar refractivity (Wildman–Crippen MR) is 71.9 cm³/mol. The summed E-state index contributed by atoms with van der Waals surface area (Å²) in [4.78, 5) is 21.1. The van der Waals surface area contributed by atoms with Crippen molar-refractivity contribution < 1.29 is 0 Å². The number of imidazole rings is 1. The average molecular weight is 248 g/mol. The van der Waals surface area contributed by atoms with Crippen LogP contribution in [0.3, 0.4) is 0 Å². The topological polar surface area (TPSA) is 52.7 Å². The molecule has 0 spiro atoms. The van der Waals surface area contributed by atoms with Crippen LogP contribution in [0.4, 0.5) is 0 Å². The zero-order valence-corrected chi connectivity index (χ0v) is 11.9. The quantitative estimate of drug-likeness (QED) is 0.775. The van der Waals surface area contributed by atoms with Gasteiger partial charge in [0.2, 0.25) is 0 Å². The lowest BCUT2D eigenvalue weighted by Gasteiger charge is -2.21. The largest absolute Gasteiger partial charge is 0.310 e. The van der Waals surface area contributed by atoms with Gasteiger partial charge in [-0.1, -0.05) is 13.8 Å². The molecule has 2 rings (SSSR count). The van der Waals surface area contributed by atoms with Crippen LogP contribution in [0, 0.1) is 0 Å². The highest BCUT2D eigenvalue weighted by Crippen LogP contribution is 2.20. The molecule has 0 aliphatic carbocycles. The fraction of sp³-hybridized carbons (Fsp3) is 0.615. The third kappa shape index (κ3) is 1.83. The molecule has 0 aliphatic rings. The zero-order valence-electron chi connectivity index (χ0n) is 11.9. The molecule has 0 aliphatic heterocycles. The maximum atomic E-state index is 12.2. The van der Waals surface area contributed by atoms with Crippen molar-refractivity contribution in [3.8, 4) is 0 Å². The first-order chi connectivity index (χ1) is 8.23. The summed E-state index contributed by atoms with van der Waals surface area (Å²) in [6.07, 6.45) is 1.70. The van der Waals surface area contributed by atoms with Gasteiger partial charge in [-0.3, -0.25) is 9.36 Å². The lowest BCUT2D eigenvalue weighted by Crippen LogP contribution is -2.26. The van der Waals surface area contributed by atoms with Crippen molar-refractivity contribution in [2.75, 3.05) is 0 Å². The van der Waals surface area contributed by atoms with Crippen LogP contribution in [0.1, 0.15) is 46.4 Å². The molecule has 18 heavy (non-hydrogen) atoms. The van der Waals surface area contributed by atoms with Crippen molar-refractivity contribution in [3.05, 3.63) is 22.5 Å². The van der Waals surface area contributed by atoms with E-state index in [4.69, 9.17) is 0 Å². The van der Waals surface area contributed by atoms with E-state index in [1.54, 1.807) is 17.9 Å². The summed E-state index contributed by atoms with van der Waals surface area (Å²) in [5.41, 5.74) is 0.903. The molecule has 0 radical (unpaired) electrons. The van der Waals surface area contributed by atoms with Crippen molar-refractivity contribution in [2.24, 2.45) is 7.05 Å². The lowest BCUT2D eigenvalue weighted by atomic mass is 10.1. The van der Waals surface area contributed by atoms with Crippen LogP contribution in [-0.4, -0.2) is 19.1 Å². The molecule has 98 valence electrons. The smallest absolute Gasteiger partial charge is 0.281 e. The second-order valence-corrected chi connectivity index (χ2v) is 5.95. The molecule has 5 nitrogen and oxygen atoms in total. The van der Waals surface area contributed by atoms with E-state index in [1.165, 1.54) is 0 Å². The molecule has 0 amide bonds. The number of nitrogens with zero attached hydrogens (tertiary/aromatic N) is 4. The number of hydrogen-bond donors (Lipinski definition) is 0. The number of hydrogen-bond acceptors (Lipinski definition) is 3. The van der Waals surface area contributed by atoms with Gasteiger partial charge in [0, 0.05) is 18.5 Å². The Hall–Kier alpha value is -1.65. The second-order valence-electron chi connectivity index (χ2n) is 5.95.